The highest BCUT2D eigenvalue weighted by Crippen LogP contribution is 2.11. The molecule has 11 nitrogen and oxygen atoms in total. The third kappa shape index (κ3) is 2.90. The predicted molar refractivity (Wildman–Crippen MR) is 83.2 cm³/mol. The molecule has 0 fully saturated rings. The van der Waals surface area contributed by atoms with Crippen LogP contribution >= 0.6 is 0 Å². The zero-order chi connectivity index (χ0) is 16.3. The first-order valence-electron chi connectivity index (χ1n) is 6.62. The lowest BCUT2D eigenvalue weighted by atomic mass is 10.3. The van der Waals surface area contributed by atoms with Crippen molar-refractivity contribution in [3.8, 4) is 0 Å². The molecular formula is C11H19N9O2. The first kappa shape index (κ1) is 15.9. The van der Waals surface area contributed by atoms with Crippen molar-refractivity contribution >= 4 is 22.8 Å². The Morgan fingerprint density at radius 1 is 1.27 bits per heavy atom. The zero-order valence-electron chi connectivity index (χ0n) is 12.2. The van der Waals surface area contributed by atoms with Crippen LogP contribution in [0.2, 0.25) is 0 Å². The molecule has 8 N–H and O–H groups in total. The molecule has 0 aliphatic heterocycles. The van der Waals surface area contributed by atoms with E-state index < -0.39 is 11.2 Å². The summed E-state index contributed by atoms with van der Waals surface area (Å²) in [4.78, 5) is 36.3. The maximum Gasteiger partial charge on any atom is 0.351 e. The first-order valence-corrected chi connectivity index (χ1v) is 6.62. The number of fused-ring (bicyclic) bond motifs is 1. The fourth-order valence-corrected chi connectivity index (χ4v) is 2.02. The topological polar surface area (TPSA) is 174 Å². The third-order valence-electron chi connectivity index (χ3n) is 3.25. The largest absolute Gasteiger partial charge is 0.383 e. The van der Waals surface area contributed by atoms with E-state index in [4.69, 9.17) is 17.2 Å². The van der Waals surface area contributed by atoms with Crippen molar-refractivity contribution < 1.29 is 0 Å². The molecule has 120 valence electrons. The van der Waals surface area contributed by atoms with Gasteiger partial charge in [-0.2, -0.15) is 9.97 Å². The second-order valence-corrected chi connectivity index (χ2v) is 4.55. The van der Waals surface area contributed by atoms with Crippen molar-refractivity contribution in [2.24, 2.45) is 11.5 Å². The van der Waals surface area contributed by atoms with Crippen LogP contribution in [-0.4, -0.2) is 51.3 Å². The number of rotatable bonds is 6. The van der Waals surface area contributed by atoms with Crippen molar-refractivity contribution in [1.29, 1.82) is 0 Å². The first-order chi connectivity index (χ1) is 10.5. The Kier molecular flexibility index (Phi) is 4.70. The van der Waals surface area contributed by atoms with E-state index in [1.165, 1.54) is 4.57 Å². The summed E-state index contributed by atoms with van der Waals surface area (Å²) < 4.78 is 1.28. The molecule has 0 unspecified atom stereocenters. The van der Waals surface area contributed by atoms with Gasteiger partial charge in [-0.05, 0) is 0 Å². The lowest BCUT2D eigenvalue weighted by molar-refractivity contribution is 0.277. The van der Waals surface area contributed by atoms with Crippen LogP contribution in [0.15, 0.2) is 9.59 Å². The highest BCUT2D eigenvalue weighted by Gasteiger charge is 2.15. The van der Waals surface area contributed by atoms with E-state index >= 15 is 0 Å². The van der Waals surface area contributed by atoms with Crippen LogP contribution in [0.4, 0.5) is 11.8 Å². The normalized spacial score (nSPS) is 11.3. The van der Waals surface area contributed by atoms with Gasteiger partial charge in [-0.25, -0.2) is 4.79 Å². The number of nitrogens with one attached hydrogen (secondary N) is 2. The molecule has 0 amide bonds. The molecule has 2 rings (SSSR count). The van der Waals surface area contributed by atoms with Gasteiger partial charge in [0.05, 0.1) is 0 Å². The average molecular weight is 309 g/mol. The van der Waals surface area contributed by atoms with Crippen molar-refractivity contribution in [1.82, 2.24) is 24.4 Å². The Labute approximate surface area is 125 Å². The molecule has 2 heterocycles. The number of aromatic amines is 1. The zero-order valence-corrected chi connectivity index (χ0v) is 12.2. The monoisotopic (exact) mass is 309 g/mol. The van der Waals surface area contributed by atoms with Crippen LogP contribution < -0.4 is 33.8 Å². The van der Waals surface area contributed by atoms with Gasteiger partial charge in [0.2, 0.25) is 5.95 Å². The van der Waals surface area contributed by atoms with E-state index in [1.807, 2.05) is 0 Å². The number of nitrogens with zero attached hydrogens (tertiary/aromatic N) is 4. The maximum atomic E-state index is 12.1. The Balaban J connectivity index is 2.59. The molecule has 0 saturated heterocycles. The molecule has 0 aliphatic rings. The Morgan fingerprint density at radius 3 is 2.55 bits per heavy atom. The smallest absolute Gasteiger partial charge is 0.351 e. The number of nitrogens with two attached hydrogens (primary N) is 3. The molecule has 0 bridgehead atoms. The maximum absolute atomic E-state index is 12.1. The number of H-pyrrole nitrogens is 1. The Hall–Kier alpha value is -2.50. The summed E-state index contributed by atoms with van der Waals surface area (Å²) in [7, 11) is 1.60. The summed E-state index contributed by atoms with van der Waals surface area (Å²) in [5.74, 6) is 0.0768. The number of hydrogen-bond donors (Lipinski definition) is 5. The van der Waals surface area contributed by atoms with Crippen LogP contribution in [0.25, 0.3) is 11.0 Å². The van der Waals surface area contributed by atoms with Crippen LogP contribution in [-0.2, 0) is 6.54 Å². The van der Waals surface area contributed by atoms with Crippen molar-refractivity contribution in [3.63, 3.8) is 0 Å². The summed E-state index contributed by atoms with van der Waals surface area (Å²) in [6.07, 6.45) is 0. The summed E-state index contributed by atoms with van der Waals surface area (Å²) in [6.45, 7) is 1.15. The molecule has 22 heavy (non-hydrogen) atoms. The van der Waals surface area contributed by atoms with Crippen LogP contribution in [0.3, 0.4) is 0 Å². The van der Waals surface area contributed by atoms with Gasteiger partial charge in [0.25, 0.3) is 5.56 Å². The lowest BCUT2D eigenvalue weighted by Crippen LogP contribution is -2.39. The molecule has 0 radical (unpaired) electrons. The molecule has 11 heteroatoms. The van der Waals surface area contributed by atoms with E-state index in [-0.39, 0.29) is 42.7 Å². The van der Waals surface area contributed by atoms with Crippen molar-refractivity contribution in [2.75, 3.05) is 38.0 Å². The summed E-state index contributed by atoms with van der Waals surface area (Å²) in [5.41, 5.74) is 15.9. The molecule has 2 aromatic rings. The quantitative estimate of drug-likeness (QED) is 0.354. The van der Waals surface area contributed by atoms with E-state index in [9.17, 15) is 9.59 Å². The fraction of sp³-hybridized carbons (Fsp3) is 0.455. The van der Waals surface area contributed by atoms with Gasteiger partial charge in [-0.15, -0.1) is 0 Å². The van der Waals surface area contributed by atoms with Gasteiger partial charge >= 0.3 is 5.69 Å². The van der Waals surface area contributed by atoms with Crippen LogP contribution in [0, 0.1) is 0 Å². The third-order valence-corrected chi connectivity index (χ3v) is 3.25. The summed E-state index contributed by atoms with van der Waals surface area (Å²) >= 11 is 0. The second-order valence-electron chi connectivity index (χ2n) is 4.55. The number of aromatic nitrogens is 4. The molecule has 0 saturated carbocycles. The minimum absolute atomic E-state index is 0.0747. The molecule has 0 aromatic carbocycles. The van der Waals surface area contributed by atoms with Gasteiger partial charge in [-0.1, -0.05) is 0 Å². The Bertz CT molecular complexity index is 777. The van der Waals surface area contributed by atoms with E-state index in [2.05, 4.69) is 20.3 Å². The number of nitrogen functional groups attached to an aromatic ring is 1. The SMILES string of the molecule is CNc1nc2c(c(N)nc(=O)n2CCN(CN)CN)c(=O)[nH]1. The minimum Gasteiger partial charge on any atom is -0.383 e. The highest BCUT2D eigenvalue weighted by atomic mass is 16.1. The minimum atomic E-state index is -0.584. The van der Waals surface area contributed by atoms with Gasteiger partial charge in [0, 0.05) is 33.5 Å². The number of hydrogen-bond acceptors (Lipinski definition) is 9. The average Bonchev–Trinajstić information content (AvgIpc) is 2.49. The van der Waals surface area contributed by atoms with Crippen molar-refractivity contribution in [2.45, 2.75) is 6.54 Å². The lowest BCUT2D eigenvalue weighted by Gasteiger charge is -2.18. The summed E-state index contributed by atoms with van der Waals surface area (Å²) in [6, 6.07) is 0. The van der Waals surface area contributed by atoms with Crippen molar-refractivity contribution in [3.05, 3.63) is 20.8 Å². The van der Waals surface area contributed by atoms with Crippen LogP contribution in [0.5, 0.6) is 0 Å². The number of anilines is 2. The Morgan fingerprint density at radius 2 is 1.95 bits per heavy atom. The van der Waals surface area contributed by atoms with E-state index in [0.29, 0.717) is 6.54 Å². The second kappa shape index (κ2) is 6.51. The molecule has 2 aromatic heterocycles. The van der Waals surface area contributed by atoms with Gasteiger partial charge in [0.1, 0.15) is 11.2 Å². The standard InChI is InChI=1S/C11H19N9O2/c1-15-10-17-8-6(9(21)18-10)7(14)16-11(22)20(8)3-2-19(4-12)5-13/h2-5,12-13H2,1H3,(H2,14,16,22)(H2,15,17,18,21). The predicted octanol–water partition coefficient (Wildman–Crippen LogP) is -2.76. The summed E-state index contributed by atoms with van der Waals surface area (Å²) in [5, 5.41) is 2.79. The van der Waals surface area contributed by atoms with Gasteiger partial charge in [-0.3, -0.25) is 19.2 Å². The molecule has 0 aliphatic carbocycles. The molecular weight excluding hydrogens is 290 g/mol. The molecule has 0 atom stereocenters. The van der Waals surface area contributed by atoms with E-state index in [1.54, 1.807) is 11.9 Å². The highest BCUT2D eigenvalue weighted by molar-refractivity contribution is 5.85. The van der Waals surface area contributed by atoms with Crippen LogP contribution in [0.1, 0.15) is 0 Å². The van der Waals surface area contributed by atoms with Gasteiger partial charge < -0.3 is 22.5 Å². The van der Waals surface area contributed by atoms with Gasteiger partial charge in [0.15, 0.2) is 5.65 Å². The fourth-order valence-electron chi connectivity index (χ4n) is 2.02. The molecule has 0 spiro atoms. The van der Waals surface area contributed by atoms with E-state index in [0.717, 1.165) is 0 Å².